The van der Waals surface area contributed by atoms with Gasteiger partial charge in [0.1, 0.15) is 0 Å². The van der Waals surface area contributed by atoms with Gasteiger partial charge in [0.2, 0.25) is 0 Å². The van der Waals surface area contributed by atoms with E-state index in [1.807, 2.05) is 31.7 Å². The smallest absolute Gasteiger partial charge is 0.318 e. The molecule has 0 amide bonds. The predicted octanol–water partition coefficient (Wildman–Crippen LogP) is 2.09. The van der Waals surface area contributed by atoms with Gasteiger partial charge in [0, 0.05) is 6.61 Å². The first kappa shape index (κ1) is 10.4. The average molecular weight is 196 g/mol. The molecule has 1 rings (SSSR count). The minimum absolute atomic E-state index is 0.675. The molecule has 0 saturated carbocycles. The second-order valence-electron chi connectivity index (χ2n) is 2.82. The Morgan fingerprint density at radius 2 is 1.85 bits per heavy atom. The van der Waals surface area contributed by atoms with Crippen molar-refractivity contribution in [1.29, 1.82) is 0 Å². The summed E-state index contributed by atoms with van der Waals surface area (Å²) in [5.41, 5.74) is 1.21. The van der Waals surface area contributed by atoms with Crippen LogP contribution in [0.4, 0.5) is 0 Å². The Morgan fingerprint density at radius 1 is 1.15 bits per heavy atom. The third-order valence-electron chi connectivity index (χ3n) is 1.73. The standard InChI is InChI=1S/C10H16O2Si/c1-3-11-13(2)12-9-10-7-5-4-6-8-10/h4-8,13H,3,9H2,1-2H3. The lowest BCUT2D eigenvalue weighted by Gasteiger charge is -2.10. The first-order valence-electron chi connectivity index (χ1n) is 4.60. The van der Waals surface area contributed by atoms with Gasteiger partial charge in [-0.3, -0.25) is 0 Å². The molecule has 0 fully saturated rings. The Bertz CT molecular complexity index is 226. The summed E-state index contributed by atoms with van der Waals surface area (Å²) in [7, 11) is -1.37. The number of benzene rings is 1. The molecule has 0 heterocycles. The summed E-state index contributed by atoms with van der Waals surface area (Å²) < 4.78 is 11.0. The first-order valence-corrected chi connectivity index (χ1v) is 6.69. The second-order valence-corrected chi connectivity index (χ2v) is 4.62. The zero-order valence-corrected chi connectivity index (χ0v) is 9.35. The van der Waals surface area contributed by atoms with Gasteiger partial charge < -0.3 is 8.85 Å². The largest absolute Gasteiger partial charge is 0.397 e. The van der Waals surface area contributed by atoms with Gasteiger partial charge in [-0.2, -0.15) is 0 Å². The van der Waals surface area contributed by atoms with E-state index < -0.39 is 9.28 Å². The molecule has 1 unspecified atom stereocenters. The molecule has 0 N–H and O–H groups in total. The lowest BCUT2D eigenvalue weighted by atomic mass is 10.2. The van der Waals surface area contributed by atoms with Crippen LogP contribution in [-0.2, 0) is 15.5 Å². The van der Waals surface area contributed by atoms with Gasteiger partial charge in [-0.25, -0.2) is 0 Å². The van der Waals surface area contributed by atoms with Crippen molar-refractivity contribution in [3.63, 3.8) is 0 Å². The van der Waals surface area contributed by atoms with Gasteiger partial charge in [0.15, 0.2) is 0 Å². The van der Waals surface area contributed by atoms with Crippen LogP contribution in [0.25, 0.3) is 0 Å². The van der Waals surface area contributed by atoms with Crippen LogP contribution in [0.1, 0.15) is 12.5 Å². The maximum absolute atomic E-state index is 5.59. The topological polar surface area (TPSA) is 18.5 Å². The maximum Gasteiger partial charge on any atom is 0.318 e. The van der Waals surface area contributed by atoms with Crippen LogP contribution in [-0.4, -0.2) is 15.9 Å². The van der Waals surface area contributed by atoms with Gasteiger partial charge in [0.05, 0.1) is 6.61 Å². The molecule has 0 aliphatic heterocycles. The summed E-state index contributed by atoms with van der Waals surface area (Å²) in [5.74, 6) is 0. The van der Waals surface area contributed by atoms with Gasteiger partial charge in [-0.15, -0.1) is 0 Å². The summed E-state index contributed by atoms with van der Waals surface area (Å²) in [5, 5.41) is 0. The van der Waals surface area contributed by atoms with Crippen molar-refractivity contribution in [2.75, 3.05) is 6.61 Å². The van der Waals surface area contributed by atoms with E-state index in [9.17, 15) is 0 Å². The molecule has 0 aliphatic carbocycles. The fourth-order valence-corrected chi connectivity index (χ4v) is 2.06. The fraction of sp³-hybridized carbons (Fsp3) is 0.400. The Hall–Kier alpha value is -0.643. The van der Waals surface area contributed by atoms with Crippen molar-refractivity contribution >= 4 is 9.28 Å². The molecule has 1 aromatic rings. The molecule has 0 bridgehead atoms. The fourth-order valence-electron chi connectivity index (χ4n) is 1.07. The molecule has 0 spiro atoms. The molecular formula is C10H16O2Si. The molecule has 2 nitrogen and oxygen atoms in total. The molecule has 0 aliphatic rings. The van der Waals surface area contributed by atoms with Crippen LogP contribution in [0.2, 0.25) is 6.55 Å². The monoisotopic (exact) mass is 196 g/mol. The van der Waals surface area contributed by atoms with Crippen LogP contribution in [0, 0.1) is 0 Å². The highest BCUT2D eigenvalue weighted by Crippen LogP contribution is 2.02. The Balaban J connectivity index is 2.27. The van der Waals surface area contributed by atoms with Crippen LogP contribution in [0.15, 0.2) is 30.3 Å². The molecule has 72 valence electrons. The number of hydrogen-bond acceptors (Lipinski definition) is 2. The van der Waals surface area contributed by atoms with Crippen LogP contribution >= 0.6 is 0 Å². The number of rotatable bonds is 5. The molecule has 3 heteroatoms. The maximum atomic E-state index is 5.59. The SMILES string of the molecule is CCO[SiH](C)OCc1ccccc1. The quantitative estimate of drug-likeness (QED) is 0.671. The lowest BCUT2D eigenvalue weighted by Crippen LogP contribution is -2.18. The lowest BCUT2D eigenvalue weighted by molar-refractivity contribution is 0.202. The van der Waals surface area contributed by atoms with Gasteiger partial charge in [0.25, 0.3) is 0 Å². The summed E-state index contributed by atoms with van der Waals surface area (Å²) in [6.07, 6.45) is 0. The third-order valence-corrected chi connectivity index (χ3v) is 3.17. The van der Waals surface area contributed by atoms with E-state index in [2.05, 4.69) is 12.1 Å². The second kappa shape index (κ2) is 5.91. The van der Waals surface area contributed by atoms with E-state index in [4.69, 9.17) is 8.85 Å². The summed E-state index contributed by atoms with van der Waals surface area (Å²) >= 11 is 0. The van der Waals surface area contributed by atoms with Crippen LogP contribution in [0.5, 0.6) is 0 Å². The van der Waals surface area contributed by atoms with Crippen LogP contribution < -0.4 is 0 Å². The summed E-state index contributed by atoms with van der Waals surface area (Å²) in [4.78, 5) is 0. The van der Waals surface area contributed by atoms with E-state index in [-0.39, 0.29) is 0 Å². The third kappa shape index (κ3) is 4.22. The molecular weight excluding hydrogens is 180 g/mol. The highest BCUT2D eigenvalue weighted by Gasteiger charge is 2.03. The van der Waals surface area contributed by atoms with E-state index in [1.54, 1.807) is 0 Å². The molecule has 0 aromatic heterocycles. The highest BCUT2D eigenvalue weighted by molar-refractivity contribution is 6.42. The van der Waals surface area contributed by atoms with Crippen LogP contribution in [0.3, 0.4) is 0 Å². The van der Waals surface area contributed by atoms with E-state index in [0.717, 1.165) is 6.61 Å². The minimum Gasteiger partial charge on any atom is -0.397 e. The van der Waals surface area contributed by atoms with Crippen molar-refractivity contribution in [3.8, 4) is 0 Å². The Morgan fingerprint density at radius 3 is 2.46 bits per heavy atom. The predicted molar refractivity (Wildman–Crippen MR) is 55.9 cm³/mol. The average Bonchev–Trinajstić information content (AvgIpc) is 2.17. The Kier molecular flexibility index (Phi) is 4.75. The Labute approximate surface area is 81.3 Å². The highest BCUT2D eigenvalue weighted by atomic mass is 28.3. The molecule has 13 heavy (non-hydrogen) atoms. The van der Waals surface area contributed by atoms with E-state index >= 15 is 0 Å². The van der Waals surface area contributed by atoms with Crippen molar-refractivity contribution in [1.82, 2.24) is 0 Å². The van der Waals surface area contributed by atoms with E-state index in [1.165, 1.54) is 5.56 Å². The van der Waals surface area contributed by atoms with Crippen molar-refractivity contribution in [2.45, 2.75) is 20.1 Å². The van der Waals surface area contributed by atoms with Gasteiger partial charge in [-0.1, -0.05) is 30.3 Å². The van der Waals surface area contributed by atoms with Crippen molar-refractivity contribution in [2.24, 2.45) is 0 Å². The van der Waals surface area contributed by atoms with Gasteiger partial charge >= 0.3 is 9.28 Å². The van der Waals surface area contributed by atoms with Crippen molar-refractivity contribution < 1.29 is 8.85 Å². The zero-order valence-electron chi connectivity index (χ0n) is 8.19. The molecule has 1 aromatic carbocycles. The van der Waals surface area contributed by atoms with Gasteiger partial charge in [-0.05, 0) is 19.0 Å². The van der Waals surface area contributed by atoms with Crippen molar-refractivity contribution in [3.05, 3.63) is 35.9 Å². The minimum atomic E-state index is -1.37. The van der Waals surface area contributed by atoms with E-state index in [0.29, 0.717) is 6.61 Å². The first-order chi connectivity index (χ1) is 6.33. The summed E-state index contributed by atoms with van der Waals surface area (Å²) in [6, 6.07) is 10.2. The summed E-state index contributed by atoms with van der Waals surface area (Å²) in [6.45, 7) is 5.47. The molecule has 0 saturated heterocycles. The zero-order chi connectivity index (χ0) is 9.52. The number of hydrogen-bond donors (Lipinski definition) is 0. The normalized spacial score (nSPS) is 12.8. The molecule has 1 atom stereocenters. The molecule has 0 radical (unpaired) electrons.